The van der Waals surface area contributed by atoms with Crippen LogP contribution in [0.25, 0.3) is 0 Å². The zero-order valence-corrected chi connectivity index (χ0v) is 48.8. The molecule has 56 heavy (non-hydrogen) atoms. The van der Waals surface area contributed by atoms with Crippen molar-refractivity contribution in [2.45, 2.75) is 74.1 Å². The maximum absolute atomic E-state index is 11.9. The molecule has 0 saturated carbocycles. The maximum atomic E-state index is 11.9. The van der Waals surface area contributed by atoms with Gasteiger partial charge in [0.1, 0.15) is 5.78 Å². The first kappa shape index (κ1) is 65.1. The third kappa shape index (κ3) is 26.2. The molecule has 0 bridgehead atoms. The van der Waals surface area contributed by atoms with Crippen LogP contribution >= 0.6 is 98.4 Å². The van der Waals surface area contributed by atoms with E-state index in [9.17, 15) is 23.4 Å². The van der Waals surface area contributed by atoms with Crippen molar-refractivity contribution in [3.05, 3.63) is 0 Å². The molecule has 338 valence electrons. The summed E-state index contributed by atoms with van der Waals surface area (Å²) in [6.45, 7) is 17.5. The van der Waals surface area contributed by atoms with Crippen LogP contribution in [0.3, 0.4) is 0 Å². The van der Waals surface area contributed by atoms with E-state index in [1.807, 2.05) is 28.1 Å². The van der Waals surface area contributed by atoms with Gasteiger partial charge in [0.2, 0.25) is 0 Å². The zero-order valence-electron chi connectivity index (χ0n) is 34.8. The number of nitrogens with zero attached hydrogens (tertiary/aromatic N) is 4. The molecule has 4 heterocycles. The van der Waals surface area contributed by atoms with Crippen LogP contribution in [0.1, 0.15) is 74.1 Å². The Morgan fingerprint density at radius 3 is 1.09 bits per heavy atom. The Morgan fingerprint density at radius 2 is 0.857 bits per heavy atom. The summed E-state index contributed by atoms with van der Waals surface area (Å²) in [4.78, 5) is 53.4. The Labute approximate surface area is 412 Å². The Morgan fingerprint density at radius 1 is 0.607 bits per heavy atom. The number of likely N-dealkylation sites (tertiary alicyclic amines) is 4. The molecule has 2 N–H and O–H groups in total. The second-order valence-electron chi connectivity index (χ2n) is 15.4. The van der Waals surface area contributed by atoms with Crippen molar-refractivity contribution >= 4 is 137 Å². The van der Waals surface area contributed by atoms with Crippen molar-refractivity contribution in [2.75, 3.05) is 93.1 Å². The van der Waals surface area contributed by atoms with Crippen LogP contribution in [0, 0.1) is 47.3 Å². The van der Waals surface area contributed by atoms with E-state index >= 15 is 0 Å². The average molecular weight is 1490 g/mol. The summed E-state index contributed by atoms with van der Waals surface area (Å²) in [6.07, 6.45) is 8.04. The monoisotopic (exact) mass is 1490 g/mol. The predicted molar refractivity (Wildman–Crippen MR) is 279 cm³/mol. The van der Waals surface area contributed by atoms with E-state index in [1.54, 1.807) is 12.5 Å². The zero-order chi connectivity index (χ0) is 42.3. The van der Waals surface area contributed by atoms with E-state index in [0.717, 1.165) is 65.0 Å². The van der Waals surface area contributed by atoms with Gasteiger partial charge >= 0.3 is 62.4 Å². The fourth-order valence-electron chi connectivity index (χ4n) is 7.88. The Bertz CT molecular complexity index is 1190. The van der Waals surface area contributed by atoms with Crippen molar-refractivity contribution in [1.82, 2.24) is 19.6 Å². The first-order valence-electron chi connectivity index (χ1n) is 18.8. The van der Waals surface area contributed by atoms with E-state index in [-0.39, 0.29) is 54.9 Å². The molecule has 4 saturated heterocycles. The summed E-state index contributed by atoms with van der Waals surface area (Å²) in [5.74, 6) is 1.12. The molecule has 0 aromatic heterocycles. The number of carboxylic acid groups (broad SMARTS) is 2. The number of ketones is 2. The van der Waals surface area contributed by atoms with Gasteiger partial charge in [0.25, 0.3) is 0 Å². The second-order valence-corrected chi connectivity index (χ2v) is 34.5. The molecule has 3 unspecified atom stereocenters. The van der Waals surface area contributed by atoms with Gasteiger partial charge in [0.05, 0.1) is 11.8 Å². The molecule has 8 atom stereocenters. The molecular weight excluding hydrogens is 1420 g/mol. The summed E-state index contributed by atoms with van der Waals surface area (Å²) in [7, 11) is 6.04. The second kappa shape index (κ2) is 35.9. The molecule has 4 rings (SSSR count). The van der Waals surface area contributed by atoms with Crippen molar-refractivity contribution < 1.29 is 46.9 Å². The molecule has 0 aromatic carbocycles. The van der Waals surface area contributed by atoms with Crippen LogP contribution in [0.5, 0.6) is 0 Å². The van der Waals surface area contributed by atoms with E-state index in [2.05, 4.69) is 129 Å². The number of carboxylic acids is 2. The van der Waals surface area contributed by atoms with Crippen molar-refractivity contribution in [2.24, 2.45) is 47.3 Å². The summed E-state index contributed by atoms with van der Waals surface area (Å²) >= 11 is 9.54. The van der Waals surface area contributed by atoms with E-state index < -0.39 is 21.5 Å². The minimum atomic E-state index is -2.05. The van der Waals surface area contributed by atoms with Crippen LogP contribution in [0.15, 0.2) is 0 Å². The quantitative estimate of drug-likeness (QED) is 0.222. The van der Waals surface area contributed by atoms with Crippen LogP contribution in [-0.4, -0.2) is 156 Å². The molecule has 4 aliphatic rings. The van der Waals surface area contributed by atoms with Gasteiger partial charge in [-0.15, -0.1) is 24.0 Å². The van der Waals surface area contributed by atoms with Crippen molar-refractivity contribution in [1.29, 1.82) is 0 Å². The normalized spacial score (nSPS) is 27.4. The molecule has 0 aliphatic carbocycles. The van der Waals surface area contributed by atoms with Gasteiger partial charge in [-0.2, -0.15) is 0 Å². The first-order valence-corrected chi connectivity index (χ1v) is 40.1. The van der Waals surface area contributed by atoms with Gasteiger partial charge in [-0.05, 0) is 61.4 Å². The predicted octanol–water partition coefficient (Wildman–Crippen LogP) is 5.16. The molecule has 11 nitrogen and oxygen atoms in total. The third-order valence-corrected chi connectivity index (χ3v) is 11.6. The number of halogens is 6. The van der Waals surface area contributed by atoms with Gasteiger partial charge in [-0.3, -0.25) is 23.4 Å². The van der Waals surface area contributed by atoms with Crippen LogP contribution in [0.2, 0.25) is 0 Å². The SMILES string of the molecule is C.CCC(=O)[C@H]1CN(C)C[C@H]1CC.CCC1CN(C)CC1C(=O)O.CC[C@@H]1CN(C)CC1C(=O)C=S(C)(C)=O.CC[C@@H]1CN(C)C[C@@H]1C(=O)O.I.II.I[I-]I. The summed E-state index contributed by atoms with van der Waals surface area (Å²) in [6, 6.07) is 0. The Balaban J connectivity index is -0.000000308. The van der Waals surface area contributed by atoms with Gasteiger partial charge in [-0.1, -0.05) is 67.7 Å². The fourth-order valence-corrected chi connectivity index (χ4v) is 8.61. The summed E-state index contributed by atoms with van der Waals surface area (Å²) < 4.78 is 11.5. The number of carbonyl (C=O) groups excluding carboxylic acids is 2. The van der Waals surface area contributed by atoms with Gasteiger partial charge in [0, 0.05) is 126 Å². The summed E-state index contributed by atoms with van der Waals surface area (Å²) in [5.41, 5.74) is 0. The molecule has 0 spiro atoms. The fraction of sp³-hybridized carbons (Fsp3) is 0.868. The minimum absolute atomic E-state index is 0. The standard InChI is InChI=1S/C11H21NO2S.C10H19NO.2C8H15NO2.CH4.I3.I2.HI/c1-5-9-6-12(2)7-10(9)11(13)8-15(3,4)14;1-4-8-6-11(3)7-9(8)10(12)5-2;2*1-3-6-4-9(2)5-7(6)8(10)11;;1-3-2;1-2;/h8-10H,5-7H2,1-4H3;8-9H,4-7H2,1-3H3;2*6-7H,3-5H2,1-2H3,(H,10,11);1H4;;;1H/q;;;;;-1;;/t9-,10?;8-,9+;6-,7+;;;;;/m111...../s1. The van der Waals surface area contributed by atoms with Crippen LogP contribution < -0.4 is 13.3 Å². The van der Waals surface area contributed by atoms with E-state index in [1.165, 1.54) is 5.37 Å². The summed E-state index contributed by atoms with van der Waals surface area (Å²) in [5, 5.41) is 19.0. The molecule has 0 amide bonds. The number of hydrogen-bond donors (Lipinski definition) is 2. The number of rotatable bonds is 10. The van der Waals surface area contributed by atoms with Gasteiger partial charge < -0.3 is 29.8 Å². The van der Waals surface area contributed by atoms with Crippen LogP contribution in [-0.2, 0) is 28.7 Å². The first-order chi connectivity index (χ1) is 25.2. The van der Waals surface area contributed by atoms with Crippen molar-refractivity contribution in [3.8, 4) is 0 Å². The Hall–Kier alpha value is 2.52. The van der Waals surface area contributed by atoms with Gasteiger partial charge in [0.15, 0.2) is 5.78 Å². The number of carbonyl (C=O) groups is 4. The number of aliphatic carboxylic acids is 2. The van der Waals surface area contributed by atoms with E-state index in [4.69, 9.17) is 10.2 Å². The van der Waals surface area contributed by atoms with Crippen molar-refractivity contribution in [3.63, 3.8) is 0 Å². The van der Waals surface area contributed by atoms with Gasteiger partial charge in [-0.25, -0.2) is 0 Å². The Kier molecular flexibility index (Phi) is 41.8. The molecular formula is C38H75I6N4O7S-. The molecule has 18 heteroatoms. The molecule has 4 aliphatic heterocycles. The van der Waals surface area contributed by atoms with E-state index in [0.29, 0.717) is 68.1 Å². The molecule has 0 aromatic rings. The third-order valence-electron chi connectivity index (χ3n) is 10.8. The molecule has 4 fully saturated rings. The molecule has 0 radical (unpaired) electrons. The average Bonchev–Trinajstić information content (AvgIpc) is 3.89. The topological polar surface area (TPSA) is 139 Å². The number of Topliss-reactive ketones (excluding diaryl/α,β-unsaturated/α-hetero) is 2. The number of hydrogen-bond acceptors (Lipinski definition) is 9. The van der Waals surface area contributed by atoms with Crippen LogP contribution in [0.4, 0.5) is 0 Å².